The average Bonchev–Trinajstić information content (AvgIpc) is 3.02. The van der Waals surface area contributed by atoms with Gasteiger partial charge in [0.2, 0.25) is 0 Å². The molecule has 176 valence electrons. The highest BCUT2D eigenvalue weighted by atomic mass is 16.5. The summed E-state index contributed by atoms with van der Waals surface area (Å²) in [6.07, 6.45) is 2.37. The van der Waals surface area contributed by atoms with E-state index in [-0.39, 0.29) is 5.69 Å². The number of ether oxygens (including phenoxy) is 1. The van der Waals surface area contributed by atoms with Gasteiger partial charge in [0.25, 0.3) is 0 Å². The van der Waals surface area contributed by atoms with Gasteiger partial charge in [0, 0.05) is 13.0 Å². The fraction of sp³-hybridized carbons (Fsp3) is 0.423. The zero-order valence-corrected chi connectivity index (χ0v) is 20.1. The first-order valence-corrected chi connectivity index (χ1v) is 11.3. The van der Waals surface area contributed by atoms with Crippen LogP contribution in [-0.4, -0.2) is 31.0 Å². The molecule has 2 aromatic carbocycles. The Kier molecular flexibility index (Phi) is 7.41. The van der Waals surface area contributed by atoms with E-state index in [2.05, 4.69) is 37.1 Å². The molecule has 0 saturated heterocycles. The zero-order chi connectivity index (χ0) is 24.2. The van der Waals surface area contributed by atoms with Crippen LogP contribution in [-0.2, 0) is 30.7 Å². The Morgan fingerprint density at radius 3 is 2.24 bits per heavy atom. The minimum Gasteiger partial charge on any atom is -0.478 e. The maximum absolute atomic E-state index is 12.8. The van der Waals surface area contributed by atoms with Gasteiger partial charge >= 0.3 is 11.7 Å². The van der Waals surface area contributed by atoms with E-state index in [9.17, 15) is 14.7 Å². The maximum atomic E-state index is 12.8. The summed E-state index contributed by atoms with van der Waals surface area (Å²) in [5.74, 6) is 0.316. The topological polar surface area (TPSA) is 86.3 Å². The van der Waals surface area contributed by atoms with Crippen molar-refractivity contribution in [1.82, 2.24) is 14.3 Å². The quantitative estimate of drug-likeness (QED) is 0.500. The van der Waals surface area contributed by atoms with Gasteiger partial charge in [0.05, 0.1) is 6.54 Å². The Hall–Kier alpha value is -3.35. The molecule has 0 radical (unpaired) electrons. The van der Waals surface area contributed by atoms with E-state index >= 15 is 0 Å². The van der Waals surface area contributed by atoms with Crippen LogP contribution in [0.1, 0.15) is 55.3 Å². The highest BCUT2D eigenvalue weighted by Crippen LogP contribution is 2.20. The van der Waals surface area contributed by atoms with E-state index in [0.29, 0.717) is 25.3 Å². The van der Waals surface area contributed by atoms with Crippen LogP contribution >= 0.6 is 0 Å². The first-order chi connectivity index (χ1) is 15.6. The Morgan fingerprint density at radius 2 is 1.67 bits per heavy atom. The van der Waals surface area contributed by atoms with E-state index in [1.807, 2.05) is 19.1 Å². The number of hydrogen-bond donors (Lipinski definition) is 1. The monoisotopic (exact) mass is 451 g/mol. The third kappa shape index (κ3) is 6.12. The molecule has 0 saturated carbocycles. The van der Waals surface area contributed by atoms with Gasteiger partial charge in [0.1, 0.15) is 11.6 Å². The summed E-state index contributed by atoms with van der Waals surface area (Å²) in [5, 5.41) is 13.8. The number of aromatic nitrogens is 3. The van der Waals surface area contributed by atoms with Gasteiger partial charge < -0.3 is 9.84 Å². The van der Waals surface area contributed by atoms with Crippen molar-refractivity contribution in [1.29, 1.82) is 0 Å². The van der Waals surface area contributed by atoms with Gasteiger partial charge in [-0.1, -0.05) is 41.5 Å². The molecule has 0 aliphatic rings. The van der Waals surface area contributed by atoms with Crippen molar-refractivity contribution in [3.63, 3.8) is 0 Å². The molecule has 7 nitrogen and oxygen atoms in total. The van der Waals surface area contributed by atoms with Gasteiger partial charge in [-0.25, -0.2) is 14.3 Å². The Labute approximate surface area is 194 Å². The predicted molar refractivity (Wildman–Crippen MR) is 128 cm³/mol. The second-order valence-electron chi connectivity index (χ2n) is 9.01. The number of carboxylic acids is 1. The summed E-state index contributed by atoms with van der Waals surface area (Å²) in [7, 11) is 0. The lowest BCUT2D eigenvalue weighted by atomic mass is 10.1. The lowest BCUT2D eigenvalue weighted by molar-refractivity contribution is -0.152. The molecule has 3 aromatic rings. The molecule has 33 heavy (non-hydrogen) atoms. The van der Waals surface area contributed by atoms with Crippen molar-refractivity contribution in [2.45, 2.75) is 72.6 Å². The number of aliphatic carboxylic acids is 1. The molecule has 0 bridgehead atoms. The van der Waals surface area contributed by atoms with Crippen molar-refractivity contribution >= 4 is 5.97 Å². The Balaban J connectivity index is 1.64. The largest absolute Gasteiger partial charge is 0.478 e. The van der Waals surface area contributed by atoms with Crippen LogP contribution in [0.25, 0.3) is 0 Å². The molecule has 0 fully saturated rings. The van der Waals surface area contributed by atoms with Crippen LogP contribution in [0.2, 0.25) is 0 Å². The number of carbonyl (C=O) groups is 1. The molecule has 1 heterocycles. The van der Waals surface area contributed by atoms with Crippen LogP contribution in [0.4, 0.5) is 0 Å². The standard InChI is InChI=1S/C26H33N3O4/c1-6-28-23(27-29(25(28)32)17-21-15-18(2)14-19(3)16-21)9-7-8-20-10-12-22(13-11-20)33-26(4,5)24(30)31/h10-16H,6-9,17H2,1-5H3,(H,30,31). The van der Waals surface area contributed by atoms with Crippen molar-refractivity contribution < 1.29 is 14.6 Å². The lowest BCUT2D eigenvalue weighted by Crippen LogP contribution is -2.37. The summed E-state index contributed by atoms with van der Waals surface area (Å²) < 4.78 is 8.85. The first kappa shape index (κ1) is 24.3. The number of nitrogens with zero attached hydrogens (tertiary/aromatic N) is 3. The van der Waals surface area contributed by atoms with Crippen LogP contribution in [0.5, 0.6) is 5.75 Å². The Morgan fingerprint density at radius 1 is 1.03 bits per heavy atom. The van der Waals surface area contributed by atoms with Crippen molar-refractivity contribution in [2.24, 2.45) is 0 Å². The van der Waals surface area contributed by atoms with Crippen molar-refractivity contribution in [2.75, 3.05) is 0 Å². The summed E-state index contributed by atoms with van der Waals surface area (Å²) in [5.41, 5.74) is 3.20. The maximum Gasteiger partial charge on any atom is 0.347 e. The molecular weight excluding hydrogens is 418 g/mol. The number of hydrogen-bond acceptors (Lipinski definition) is 4. The second-order valence-corrected chi connectivity index (χ2v) is 9.01. The minimum absolute atomic E-state index is 0.0748. The van der Waals surface area contributed by atoms with E-state index in [1.54, 1.807) is 21.4 Å². The molecule has 1 aromatic heterocycles. The first-order valence-electron chi connectivity index (χ1n) is 11.3. The van der Waals surface area contributed by atoms with E-state index < -0.39 is 11.6 Å². The third-order valence-electron chi connectivity index (χ3n) is 5.61. The zero-order valence-electron chi connectivity index (χ0n) is 20.1. The average molecular weight is 452 g/mol. The number of carboxylic acid groups (broad SMARTS) is 1. The van der Waals surface area contributed by atoms with Gasteiger partial charge in [-0.15, -0.1) is 0 Å². The molecule has 0 atom stereocenters. The minimum atomic E-state index is -1.28. The molecule has 0 spiro atoms. The number of aryl methyl sites for hydroxylation is 4. The van der Waals surface area contributed by atoms with E-state index in [0.717, 1.165) is 29.8 Å². The molecule has 7 heteroatoms. The molecule has 1 N–H and O–H groups in total. The highest BCUT2D eigenvalue weighted by Gasteiger charge is 2.29. The SMILES string of the molecule is CCn1c(CCCc2ccc(OC(C)(C)C(=O)O)cc2)nn(Cc2cc(C)cc(C)c2)c1=O. The lowest BCUT2D eigenvalue weighted by Gasteiger charge is -2.21. The van der Waals surface area contributed by atoms with Crippen molar-refractivity contribution in [3.05, 3.63) is 81.0 Å². The molecule has 0 aliphatic carbocycles. The van der Waals surface area contributed by atoms with Gasteiger partial charge in [-0.2, -0.15) is 5.10 Å². The van der Waals surface area contributed by atoms with Gasteiger partial charge in [-0.05, 0) is 70.7 Å². The van der Waals surface area contributed by atoms with Crippen LogP contribution in [0, 0.1) is 13.8 Å². The smallest absolute Gasteiger partial charge is 0.347 e. The predicted octanol–water partition coefficient (Wildman–Crippen LogP) is 4.15. The van der Waals surface area contributed by atoms with Crippen LogP contribution in [0.3, 0.4) is 0 Å². The summed E-state index contributed by atoms with van der Waals surface area (Å²) in [4.78, 5) is 24.1. The van der Waals surface area contributed by atoms with E-state index in [1.165, 1.54) is 25.0 Å². The number of rotatable bonds is 10. The normalized spacial score (nSPS) is 11.5. The summed E-state index contributed by atoms with van der Waals surface area (Å²) in [6, 6.07) is 13.8. The molecule has 0 unspecified atom stereocenters. The number of benzene rings is 2. The molecule has 0 aliphatic heterocycles. The molecular formula is C26H33N3O4. The van der Waals surface area contributed by atoms with Gasteiger partial charge in [-0.3, -0.25) is 4.57 Å². The third-order valence-corrected chi connectivity index (χ3v) is 5.61. The molecule has 0 amide bonds. The second kappa shape index (κ2) is 10.1. The summed E-state index contributed by atoms with van der Waals surface area (Å²) >= 11 is 0. The van der Waals surface area contributed by atoms with Crippen LogP contribution in [0.15, 0.2) is 47.3 Å². The van der Waals surface area contributed by atoms with Gasteiger partial charge in [0.15, 0.2) is 5.60 Å². The fourth-order valence-corrected chi connectivity index (χ4v) is 3.94. The van der Waals surface area contributed by atoms with Crippen LogP contribution < -0.4 is 10.4 Å². The fourth-order valence-electron chi connectivity index (χ4n) is 3.94. The van der Waals surface area contributed by atoms with E-state index in [4.69, 9.17) is 4.74 Å². The molecule has 3 rings (SSSR count). The van der Waals surface area contributed by atoms with Crippen molar-refractivity contribution in [3.8, 4) is 5.75 Å². The Bertz CT molecular complexity index is 1150. The summed E-state index contributed by atoms with van der Waals surface area (Å²) in [6.45, 7) is 10.2. The highest BCUT2D eigenvalue weighted by molar-refractivity contribution is 5.76.